The number of primary amides is 2. The lowest BCUT2D eigenvalue weighted by molar-refractivity contribution is -0.460. The molecule has 0 atom stereocenters. The summed E-state index contributed by atoms with van der Waals surface area (Å²) in [6.45, 7) is 3.35. The minimum absolute atomic E-state index is 0. The van der Waals surface area contributed by atoms with E-state index in [2.05, 4.69) is 5.32 Å². The first-order valence-corrected chi connectivity index (χ1v) is 2.74. The normalized spacial score (nSPS) is 19.8. The van der Waals surface area contributed by atoms with Crippen molar-refractivity contribution >= 4 is 11.9 Å². The molecule has 1 heterocycles. The average molecular weight is 383 g/mol. The van der Waals surface area contributed by atoms with E-state index < -0.39 is 5.54 Å². The zero-order chi connectivity index (χ0) is 7.07. The van der Waals surface area contributed by atoms with Gasteiger partial charge in [-0.3, -0.25) is 5.32 Å². The number of carbonyl (C=O) groups excluding carboxylic acids is 2. The number of imide groups is 1. The highest BCUT2D eigenvalue weighted by Crippen LogP contribution is 2.00. The van der Waals surface area contributed by atoms with Crippen LogP contribution >= 0.6 is 0 Å². The molecule has 0 radical (unpaired) electrons. The lowest BCUT2D eigenvalue weighted by Gasteiger charge is -2.07. The molecule has 3 amide bonds. The van der Waals surface area contributed by atoms with Crippen molar-refractivity contribution in [2.75, 3.05) is 0 Å². The van der Waals surface area contributed by atoms with E-state index in [4.69, 9.17) is 0 Å². The number of rotatable bonds is 0. The van der Waals surface area contributed by atoms with E-state index in [0.29, 0.717) is 0 Å². The average Bonchev–Trinajstić information content (AvgIpc) is 1.79. The van der Waals surface area contributed by atoms with Crippen LogP contribution in [0.4, 0.5) is 4.79 Å². The standard InChI is InChI=1S/C5H8N2O2.2HI/c1-5(2)3(8)6-4(9)7-5;;/h1-2H3,(H2,6,7,8,9);2*1H/p-1. The van der Waals surface area contributed by atoms with Crippen LogP contribution in [0.2, 0.25) is 0 Å². The monoisotopic (exact) mass is 383 g/mol. The van der Waals surface area contributed by atoms with Gasteiger partial charge in [0, 0.05) is 0 Å². The summed E-state index contributed by atoms with van der Waals surface area (Å²) < 4.78 is 0. The molecular formula is C5H9I2N2O2-. The zero-order valence-electron chi connectivity index (χ0n) is 6.15. The Morgan fingerprint density at radius 2 is 1.73 bits per heavy atom. The quantitative estimate of drug-likeness (QED) is 0.323. The van der Waals surface area contributed by atoms with E-state index in [9.17, 15) is 9.59 Å². The van der Waals surface area contributed by atoms with Crippen molar-refractivity contribution in [1.82, 2.24) is 5.32 Å². The number of urea groups is 1. The van der Waals surface area contributed by atoms with Crippen molar-refractivity contribution in [2.24, 2.45) is 0 Å². The molecule has 0 aromatic rings. The van der Waals surface area contributed by atoms with E-state index in [1.165, 1.54) is 0 Å². The van der Waals surface area contributed by atoms with Gasteiger partial charge in [-0.25, -0.2) is 9.59 Å². The van der Waals surface area contributed by atoms with E-state index in [1.54, 1.807) is 13.8 Å². The third-order valence-corrected chi connectivity index (χ3v) is 1.31. The maximum absolute atomic E-state index is 10.8. The number of quaternary nitrogens is 1. The number of carbonyl (C=O) groups is 2. The second-order valence-corrected chi connectivity index (χ2v) is 2.62. The van der Waals surface area contributed by atoms with Crippen LogP contribution in [-0.4, -0.2) is 17.5 Å². The second kappa shape index (κ2) is 4.55. The molecule has 0 aromatic heterocycles. The van der Waals surface area contributed by atoms with Crippen LogP contribution in [0.15, 0.2) is 0 Å². The minimum Gasteiger partial charge on any atom is -1.00 e. The molecule has 3 N–H and O–H groups in total. The van der Waals surface area contributed by atoms with Gasteiger partial charge in [0.2, 0.25) is 0 Å². The predicted octanol–water partition coefficient (Wildman–Crippen LogP) is -7.41. The van der Waals surface area contributed by atoms with Gasteiger partial charge >= 0.3 is 11.9 Å². The fourth-order valence-corrected chi connectivity index (χ4v) is 0.705. The molecule has 0 unspecified atom stereocenters. The molecule has 11 heavy (non-hydrogen) atoms. The predicted molar refractivity (Wildman–Crippen MR) is 29.5 cm³/mol. The fraction of sp³-hybridized carbons (Fsp3) is 0.600. The van der Waals surface area contributed by atoms with Gasteiger partial charge in [-0.05, 0) is 13.8 Å². The summed E-state index contributed by atoms with van der Waals surface area (Å²) in [4.78, 5) is 21.2. The first kappa shape index (κ1) is 14.1. The molecule has 0 aromatic carbocycles. The molecule has 0 spiro atoms. The van der Waals surface area contributed by atoms with Crippen LogP contribution in [0.1, 0.15) is 13.8 Å². The number of halogens is 2. The Kier molecular flexibility index (Phi) is 5.84. The molecule has 1 rings (SSSR count). The van der Waals surface area contributed by atoms with Gasteiger partial charge in [0.05, 0.1) is 0 Å². The number of amides is 3. The van der Waals surface area contributed by atoms with Gasteiger partial charge in [-0.2, -0.15) is 5.32 Å². The first-order chi connectivity index (χ1) is 4.02. The SMILES string of the molecule is CC1(C)NC(=O)[NH2+]C1=O.[I-].[I-]. The third-order valence-electron chi connectivity index (χ3n) is 1.31. The molecule has 1 saturated heterocycles. The van der Waals surface area contributed by atoms with Crippen LogP contribution < -0.4 is 58.6 Å². The highest BCUT2D eigenvalue weighted by atomic mass is 127. The van der Waals surface area contributed by atoms with Crippen LogP contribution in [0.25, 0.3) is 0 Å². The topological polar surface area (TPSA) is 62.8 Å². The summed E-state index contributed by atoms with van der Waals surface area (Å²) in [6.07, 6.45) is 0. The molecule has 6 heteroatoms. The van der Waals surface area contributed by atoms with Crippen molar-refractivity contribution in [3.63, 3.8) is 0 Å². The molecule has 1 fully saturated rings. The second-order valence-electron chi connectivity index (χ2n) is 2.62. The van der Waals surface area contributed by atoms with Crippen LogP contribution in [0.5, 0.6) is 0 Å². The zero-order valence-corrected chi connectivity index (χ0v) is 10.5. The Morgan fingerprint density at radius 3 is 1.82 bits per heavy atom. The summed E-state index contributed by atoms with van der Waals surface area (Å²) in [5, 5.41) is 3.58. The molecule has 4 nitrogen and oxygen atoms in total. The molecule has 66 valence electrons. The number of nitrogens with two attached hydrogens (primary N) is 1. The smallest absolute Gasteiger partial charge is 0.421 e. The van der Waals surface area contributed by atoms with Gasteiger partial charge in [-0.1, -0.05) is 0 Å². The Bertz CT molecular complexity index is 181. The number of hydrogen-bond acceptors (Lipinski definition) is 2. The highest BCUT2D eigenvalue weighted by molar-refractivity contribution is 5.92. The number of hydrogen-bond donors (Lipinski definition) is 2. The Morgan fingerprint density at radius 1 is 1.27 bits per heavy atom. The molecular weight excluding hydrogens is 374 g/mol. The Hall–Kier alpha value is 0.560. The molecule has 0 saturated carbocycles. The van der Waals surface area contributed by atoms with E-state index >= 15 is 0 Å². The van der Waals surface area contributed by atoms with Crippen molar-refractivity contribution < 1.29 is 62.9 Å². The molecule has 1 aliphatic heterocycles. The summed E-state index contributed by atoms with van der Waals surface area (Å²) >= 11 is 0. The van der Waals surface area contributed by atoms with Gasteiger partial charge in [0.25, 0.3) is 0 Å². The third kappa shape index (κ3) is 3.20. The highest BCUT2D eigenvalue weighted by Gasteiger charge is 2.42. The maximum Gasteiger partial charge on any atom is 0.421 e. The molecule has 1 aliphatic rings. The van der Waals surface area contributed by atoms with Crippen LogP contribution in [0.3, 0.4) is 0 Å². The summed E-state index contributed by atoms with van der Waals surface area (Å²) in [5.74, 6) is -0.146. The molecule has 0 bridgehead atoms. The minimum atomic E-state index is -0.670. The summed E-state index contributed by atoms with van der Waals surface area (Å²) in [7, 11) is 0. The van der Waals surface area contributed by atoms with E-state index in [-0.39, 0.29) is 59.9 Å². The van der Waals surface area contributed by atoms with Gasteiger partial charge < -0.3 is 48.0 Å². The van der Waals surface area contributed by atoms with Gasteiger partial charge in [0.15, 0.2) is 5.54 Å². The van der Waals surface area contributed by atoms with Crippen molar-refractivity contribution in [3.8, 4) is 0 Å². The summed E-state index contributed by atoms with van der Waals surface area (Å²) in [6, 6.07) is -0.287. The van der Waals surface area contributed by atoms with Crippen molar-refractivity contribution in [2.45, 2.75) is 19.4 Å². The lowest BCUT2D eigenvalue weighted by atomic mass is 10.1. The largest absolute Gasteiger partial charge is 1.00 e. The van der Waals surface area contributed by atoms with Gasteiger partial charge in [-0.15, -0.1) is 0 Å². The van der Waals surface area contributed by atoms with Gasteiger partial charge in [0.1, 0.15) is 0 Å². The lowest BCUT2D eigenvalue weighted by Crippen LogP contribution is -3.00. The first-order valence-electron chi connectivity index (χ1n) is 2.74. The maximum atomic E-state index is 10.8. The fourth-order valence-electron chi connectivity index (χ4n) is 0.705. The molecule has 0 aliphatic carbocycles. The van der Waals surface area contributed by atoms with Crippen molar-refractivity contribution in [1.29, 1.82) is 0 Å². The van der Waals surface area contributed by atoms with Crippen LogP contribution in [-0.2, 0) is 4.79 Å². The van der Waals surface area contributed by atoms with E-state index in [1.807, 2.05) is 0 Å². The van der Waals surface area contributed by atoms with E-state index in [0.717, 1.165) is 5.32 Å². The number of nitrogens with one attached hydrogen (secondary N) is 1. The van der Waals surface area contributed by atoms with Crippen molar-refractivity contribution in [3.05, 3.63) is 0 Å². The van der Waals surface area contributed by atoms with Crippen LogP contribution in [0, 0.1) is 0 Å². The summed E-state index contributed by atoms with van der Waals surface area (Å²) in [5.41, 5.74) is -0.670. The Balaban J connectivity index is 0. The Labute approximate surface area is 98.9 Å².